The van der Waals surface area contributed by atoms with Gasteiger partial charge in [0.2, 0.25) is 0 Å². The molecule has 0 spiro atoms. The predicted octanol–water partition coefficient (Wildman–Crippen LogP) is 4.12. The molecule has 34 heavy (non-hydrogen) atoms. The van der Waals surface area contributed by atoms with Crippen LogP contribution in [0, 0.1) is 0 Å². The molecule has 1 aromatic carbocycles. The van der Waals surface area contributed by atoms with Crippen molar-refractivity contribution in [3.63, 3.8) is 0 Å². The van der Waals surface area contributed by atoms with E-state index in [9.17, 15) is 4.79 Å². The Morgan fingerprint density at radius 3 is 2.74 bits per heavy atom. The van der Waals surface area contributed by atoms with Gasteiger partial charge in [-0.05, 0) is 46.5 Å². The van der Waals surface area contributed by atoms with Gasteiger partial charge in [0.15, 0.2) is 0 Å². The van der Waals surface area contributed by atoms with Crippen LogP contribution in [0.5, 0.6) is 0 Å². The fraction of sp³-hybridized carbons (Fsp3) is 0.261. The molecule has 5 rings (SSSR count). The molecule has 1 saturated heterocycles. The van der Waals surface area contributed by atoms with Crippen molar-refractivity contribution in [2.45, 2.75) is 25.4 Å². The Labute approximate surface area is 209 Å². The maximum absolute atomic E-state index is 10.6. The van der Waals surface area contributed by atoms with Crippen molar-refractivity contribution in [3.8, 4) is 0 Å². The van der Waals surface area contributed by atoms with Crippen molar-refractivity contribution in [2.75, 3.05) is 23.7 Å². The van der Waals surface area contributed by atoms with Crippen molar-refractivity contribution in [2.24, 2.45) is 5.73 Å². The van der Waals surface area contributed by atoms with E-state index in [4.69, 9.17) is 28.2 Å². The fourth-order valence-electron chi connectivity index (χ4n) is 3.94. The maximum Gasteiger partial charge on any atom is 0.338 e. The summed E-state index contributed by atoms with van der Waals surface area (Å²) < 4.78 is 2.54. The molecule has 1 atom stereocenters. The number of hydrogen-bond acceptors (Lipinski definition) is 6. The first kappa shape index (κ1) is 24.1. The highest BCUT2D eigenvalue weighted by atomic mass is 79.9. The molecular weight excluding hydrogens is 522 g/mol. The molecule has 4 heterocycles. The highest BCUT2D eigenvalue weighted by molar-refractivity contribution is 9.10. The lowest BCUT2D eigenvalue weighted by atomic mass is 10.1. The topological polar surface area (TPSA) is 139 Å². The van der Waals surface area contributed by atoms with Crippen LogP contribution in [0.25, 0.3) is 11.0 Å². The molecule has 0 saturated carbocycles. The molecule has 0 aliphatic carbocycles. The van der Waals surface area contributed by atoms with E-state index < -0.39 is 5.97 Å². The van der Waals surface area contributed by atoms with Crippen LogP contribution in [-0.2, 0) is 6.54 Å². The van der Waals surface area contributed by atoms with Crippen molar-refractivity contribution in [1.29, 1.82) is 0 Å². The molecule has 6 N–H and O–H groups in total. The van der Waals surface area contributed by atoms with Crippen molar-refractivity contribution in [3.05, 3.63) is 69.7 Å². The molecule has 0 amide bonds. The van der Waals surface area contributed by atoms with Gasteiger partial charge in [-0.1, -0.05) is 23.7 Å². The number of rotatable bonds is 4. The highest BCUT2D eigenvalue weighted by Crippen LogP contribution is 2.37. The van der Waals surface area contributed by atoms with Gasteiger partial charge in [-0.2, -0.15) is 5.10 Å². The number of fused-ring (bicyclic) bond motifs is 1. The number of nitrogens with one attached hydrogen (secondary N) is 1. The smallest absolute Gasteiger partial charge is 0.338 e. The number of carboxylic acid groups (broad SMARTS) is 1. The molecule has 1 fully saturated rings. The lowest BCUT2D eigenvalue weighted by Gasteiger charge is -2.33. The molecular formula is C23H25BrClN7O2. The fourth-order valence-corrected chi connectivity index (χ4v) is 4.62. The van der Waals surface area contributed by atoms with Crippen LogP contribution in [0.2, 0.25) is 5.02 Å². The maximum atomic E-state index is 10.6. The first-order chi connectivity index (χ1) is 16.3. The van der Waals surface area contributed by atoms with Crippen molar-refractivity contribution < 1.29 is 9.90 Å². The molecule has 0 bridgehead atoms. The summed E-state index contributed by atoms with van der Waals surface area (Å²) in [5, 5.41) is 14.3. The quantitative estimate of drug-likeness (QED) is 0.302. The summed E-state index contributed by atoms with van der Waals surface area (Å²) >= 11 is 9.34. The summed E-state index contributed by atoms with van der Waals surface area (Å²) in [6.45, 7) is 2.41. The number of nitrogens with zero attached hydrogens (tertiary/aromatic N) is 4. The molecule has 11 heteroatoms. The lowest BCUT2D eigenvalue weighted by Crippen LogP contribution is -2.43. The average molecular weight is 547 g/mol. The molecule has 0 radical (unpaired) electrons. The summed E-state index contributed by atoms with van der Waals surface area (Å²) in [6, 6.07) is 7.57. The van der Waals surface area contributed by atoms with E-state index in [2.05, 4.69) is 35.9 Å². The Hall–Kier alpha value is -3.08. The monoisotopic (exact) mass is 545 g/mol. The Bertz CT molecular complexity index is 1290. The van der Waals surface area contributed by atoms with Crippen LogP contribution in [0.4, 0.5) is 11.4 Å². The van der Waals surface area contributed by atoms with Crippen LogP contribution >= 0.6 is 27.5 Å². The Kier molecular flexibility index (Phi) is 7.40. The zero-order valence-electron chi connectivity index (χ0n) is 18.3. The standard InChI is InChI=1S/C12H16BrN5.C11H9ClN2O2/c13-8-4-16-12-10(9(15)5-17-12)11(8)18-3-1-2-7(14)6-18;12-10-3-1-8(2-4-10)6-14-7-9(5-13-14)11(15)16/h4-5,7H,1-3,6,14-15H2,(H,16,17);1-5,7H,6H2,(H,15,16)/t7-;/m1./s1. The van der Waals surface area contributed by atoms with Crippen LogP contribution in [0.3, 0.4) is 0 Å². The number of aromatic amines is 1. The van der Waals surface area contributed by atoms with E-state index in [-0.39, 0.29) is 11.6 Å². The number of nitrogen functional groups attached to an aromatic ring is 1. The van der Waals surface area contributed by atoms with Gasteiger partial charge in [0.05, 0.1) is 39.5 Å². The first-order valence-corrected chi connectivity index (χ1v) is 11.9. The molecule has 0 unspecified atom stereocenters. The van der Waals surface area contributed by atoms with Gasteiger partial charge in [0.25, 0.3) is 0 Å². The van der Waals surface area contributed by atoms with Crippen LogP contribution in [-0.4, -0.2) is 50.0 Å². The lowest BCUT2D eigenvalue weighted by molar-refractivity contribution is 0.0696. The van der Waals surface area contributed by atoms with E-state index >= 15 is 0 Å². The third kappa shape index (κ3) is 5.52. The number of benzene rings is 1. The number of carbonyl (C=O) groups is 1. The third-order valence-electron chi connectivity index (χ3n) is 5.57. The minimum atomic E-state index is -0.970. The molecule has 3 aromatic heterocycles. The zero-order valence-corrected chi connectivity index (χ0v) is 20.6. The Balaban J connectivity index is 0.000000162. The normalized spacial score (nSPS) is 15.7. The summed E-state index contributed by atoms with van der Waals surface area (Å²) in [4.78, 5) is 20.4. The summed E-state index contributed by atoms with van der Waals surface area (Å²) in [7, 11) is 0. The minimum Gasteiger partial charge on any atom is -0.478 e. The summed E-state index contributed by atoms with van der Waals surface area (Å²) in [5.41, 5.74) is 16.0. The van der Waals surface area contributed by atoms with Gasteiger partial charge in [-0.25, -0.2) is 9.78 Å². The number of pyridine rings is 1. The number of aromatic nitrogens is 4. The van der Waals surface area contributed by atoms with Gasteiger partial charge in [0.1, 0.15) is 5.65 Å². The van der Waals surface area contributed by atoms with E-state index in [1.807, 2.05) is 18.3 Å². The number of aromatic carboxylic acids is 1. The number of anilines is 2. The van der Waals surface area contributed by atoms with E-state index in [0.29, 0.717) is 11.6 Å². The SMILES string of the molecule is Nc1c[nH]c2ncc(Br)c(N3CCC[C@@H](N)C3)c12.O=C(O)c1cnn(Cc2ccc(Cl)cc2)c1. The largest absolute Gasteiger partial charge is 0.478 e. The second-order valence-electron chi connectivity index (χ2n) is 8.13. The van der Waals surface area contributed by atoms with Crippen molar-refractivity contribution >= 4 is 55.9 Å². The number of H-pyrrole nitrogens is 1. The van der Waals surface area contributed by atoms with Crippen LogP contribution in [0.1, 0.15) is 28.8 Å². The van der Waals surface area contributed by atoms with E-state index in [1.54, 1.807) is 23.0 Å². The molecule has 178 valence electrons. The number of piperidine rings is 1. The van der Waals surface area contributed by atoms with Crippen LogP contribution < -0.4 is 16.4 Å². The molecule has 4 aromatic rings. The predicted molar refractivity (Wildman–Crippen MR) is 137 cm³/mol. The minimum absolute atomic E-state index is 0.189. The van der Waals surface area contributed by atoms with E-state index in [1.165, 1.54) is 12.4 Å². The summed E-state index contributed by atoms with van der Waals surface area (Å²) in [5.74, 6) is -0.970. The number of halogens is 2. The molecule has 1 aliphatic heterocycles. The van der Waals surface area contributed by atoms with Gasteiger partial charge in [-0.15, -0.1) is 0 Å². The first-order valence-electron chi connectivity index (χ1n) is 10.7. The summed E-state index contributed by atoms with van der Waals surface area (Å²) in [6.07, 6.45) is 8.63. The highest BCUT2D eigenvalue weighted by Gasteiger charge is 2.22. The Morgan fingerprint density at radius 2 is 2.06 bits per heavy atom. The Morgan fingerprint density at radius 1 is 1.29 bits per heavy atom. The number of carboxylic acids is 1. The molecule has 1 aliphatic rings. The number of nitrogens with two attached hydrogens (primary N) is 2. The van der Waals surface area contributed by atoms with E-state index in [0.717, 1.165) is 58.4 Å². The van der Waals surface area contributed by atoms with Gasteiger partial charge < -0.3 is 26.5 Å². The second-order valence-corrected chi connectivity index (χ2v) is 9.42. The molecule has 9 nitrogen and oxygen atoms in total. The zero-order chi connectivity index (χ0) is 24.2. The number of hydrogen-bond donors (Lipinski definition) is 4. The third-order valence-corrected chi connectivity index (χ3v) is 6.40. The van der Waals surface area contributed by atoms with Gasteiger partial charge in [-0.3, -0.25) is 4.68 Å². The average Bonchev–Trinajstić information content (AvgIpc) is 3.43. The van der Waals surface area contributed by atoms with Gasteiger partial charge >= 0.3 is 5.97 Å². The van der Waals surface area contributed by atoms with Crippen molar-refractivity contribution in [1.82, 2.24) is 19.7 Å². The van der Waals surface area contributed by atoms with Gasteiger partial charge in [0, 0.05) is 42.7 Å². The second kappa shape index (κ2) is 10.5. The van der Waals surface area contributed by atoms with Crippen LogP contribution in [0.15, 0.2) is 53.5 Å².